The van der Waals surface area contributed by atoms with Crippen LogP contribution in [0.5, 0.6) is 11.7 Å². The number of ether oxygens (including phenoxy) is 1. The molecule has 1 aromatic heterocycles. The van der Waals surface area contributed by atoms with E-state index in [9.17, 15) is 4.79 Å². The highest BCUT2D eigenvalue weighted by Gasteiger charge is 2.15. The van der Waals surface area contributed by atoms with Crippen LogP contribution < -0.4 is 10.1 Å². The average molecular weight is 377 g/mol. The van der Waals surface area contributed by atoms with Gasteiger partial charge in [-0.05, 0) is 74.1 Å². The summed E-state index contributed by atoms with van der Waals surface area (Å²) in [5.74, 6) is 1.36. The summed E-state index contributed by atoms with van der Waals surface area (Å²) in [6, 6.07) is 13.3. The standard InChI is InChI=1S/C24H27NO3/c1-14(2)20-8-7-19(13-16(20)4)27-22-10-9-21(28-22)24(26)25-23-17(5)11-15(3)12-18(23)6/h7-14H,1-6H3,(H,25,26). The van der Waals surface area contributed by atoms with Crippen LogP contribution in [-0.2, 0) is 0 Å². The van der Waals surface area contributed by atoms with Gasteiger partial charge in [-0.3, -0.25) is 4.79 Å². The number of furan rings is 1. The third-order valence-electron chi connectivity index (χ3n) is 4.80. The minimum absolute atomic E-state index is 0.213. The van der Waals surface area contributed by atoms with Crippen LogP contribution in [0.2, 0.25) is 0 Å². The molecule has 0 bridgehead atoms. The zero-order valence-electron chi connectivity index (χ0n) is 17.3. The topological polar surface area (TPSA) is 51.5 Å². The summed E-state index contributed by atoms with van der Waals surface area (Å²) >= 11 is 0. The minimum Gasteiger partial charge on any atom is -0.426 e. The molecular formula is C24H27NO3. The van der Waals surface area contributed by atoms with E-state index in [0.717, 1.165) is 16.8 Å². The van der Waals surface area contributed by atoms with Crippen molar-refractivity contribution in [1.82, 2.24) is 0 Å². The predicted molar refractivity (Wildman–Crippen MR) is 113 cm³/mol. The fourth-order valence-corrected chi connectivity index (χ4v) is 3.52. The molecule has 1 amide bonds. The number of anilines is 1. The van der Waals surface area contributed by atoms with Crippen molar-refractivity contribution in [2.75, 3.05) is 5.32 Å². The van der Waals surface area contributed by atoms with Crippen LogP contribution in [0.15, 0.2) is 46.9 Å². The Labute approximate surface area is 166 Å². The van der Waals surface area contributed by atoms with Gasteiger partial charge in [0.25, 0.3) is 11.9 Å². The Bertz CT molecular complexity index is 991. The Balaban J connectivity index is 1.74. The maximum Gasteiger partial charge on any atom is 0.291 e. The van der Waals surface area contributed by atoms with E-state index in [1.807, 2.05) is 45.0 Å². The lowest BCUT2D eigenvalue weighted by Crippen LogP contribution is -2.13. The summed E-state index contributed by atoms with van der Waals surface area (Å²) in [7, 11) is 0. The van der Waals surface area contributed by atoms with Crippen LogP contribution in [0.3, 0.4) is 0 Å². The van der Waals surface area contributed by atoms with Gasteiger partial charge < -0.3 is 14.5 Å². The molecule has 0 saturated carbocycles. The molecule has 1 N–H and O–H groups in total. The van der Waals surface area contributed by atoms with Crippen molar-refractivity contribution >= 4 is 11.6 Å². The third-order valence-corrected chi connectivity index (χ3v) is 4.80. The Kier molecular flexibility index (Phi) is 5.59. The normalized spacial score (nSPS) is 11.0. The molecule has 0 aliphatic heterocycles. The number of hydrogen-bond donors (Lipinski definition) is 1. The number of aryl methyl sites for hydroxylation is 4. The molecule has 0 atom stereocenters. The third kappa shape index (κ3) is 4.28. The Hall–Kier alpha value is -3.01. The smallest absolute Gasteiger partial charge is 0.291 e. The number of nitrogens with one attached hydrogen (secondary N) is 1. The maximum absolute atomic E-state index is 12.6. The quantitative estimate of drug-likeness (QED) is 0.539. The van der Waals surface area contributed by atoms with E-state index >= 15 is 0 Å². The highest BCUT2D eigenvalue weighted by atomic mass is 16.6. The van der Waals surface area contributed by atoms with Crippen molar-refractivity contribution in [2.45, 2.75) is 47.5 Å². The molecule has 4 nitrogen and oxygen atoms in total. The molecule has 146 valence electrons. The number of amides is 1. The first-order valence-corrected chi connectivity index (χ1v) is 9.52. The zero-order chi connectivity index (χ0) is 20.4. The summed E-state index contributed by atoms with van der Waals surface area (Å²) in [5.41, 5.74) is 6.48. The van der Waals surface area contributed by atoms with Crippen LogP contribution >= 0.6 is 0 Å². The zero-order valence-corrected chi connectivity index (χ0v) is 17.3. The summed E-state index contributed by atoms with van der Waals surface area (Å²) in [5, 5.41) is 2.94. The van der Waals surface area contributed by atoms with E-state index in [1.165, 1.54) is 16.7 Å². The Morgan fingerprint density at radius 2 is 1.61 bits per heavy atom. The molecule has 0 radical (unpaired) electrons. The molecule has 1 heterocycles. The Morgan fingerprint density at radius 3 is 2.21 bits per heavy atom. The van der Waals surface area contributed by atoms with Crippen molar-refractivity contribution in [1.29, 1.82) is 0 Å². The molecule has 28 heavy (non-hydrogen) atoms. The van der Waals surface area contributed by atoms with Crippen LogP contribution in [-0.4, -0.2) is 5.91 Å². The molecule has 3 rings (SSSR count). The van der Waals surface area contributed by atoms with Gasteiger partial charge in [0.2, 0.25) is 0 Å². The molecule has 0 spiro atoms. The van der Waals surface area contributed by atoms with Gasteiger partial charge in [0.15, 0.2) is 5.76 Å². The molecule has 4 heteroatoms. The number of carbonyl (C=O) groups excluding carboxylic acids is 1. The minimum atomic E-state index is -0.295. The summed E-state index contributed by atoms with van der Waals surface area (Å²) in [4.78, 5) is 12.6. The van der Waals surface area contributed by atoms with E-state index in [2.05, 4.69) is 32.2 Å². The lowest BCUT2D eigenvalue weighted by molar-refractivity contribution is 0.0991. The molecule has 0 saturated heterocycles. The Morgan fingerprint density at radius 1 is 0.929 bits per heavy atom. The second-order valence-corrected chi connectivity index (χ2v) is 7.62. The number of hydrogen-bond acceptors (Lipinski definition) is 3. The van der Waals surface area contributed by atoms with Crippen LogP contribution in [0, 0.1) is 27.7 Å². The highest BCUT2D eigenvalue weighted by molar-refractivity contribution is 6.03. The van der Waals surface area contributed by atoms with Crippen LogP contribution in [0.1, 0.15) is 58.1 Å². The molecular weight excluding hydrogens is 350 g/mol. The van der Waals surface area contributed by atoms with Crippen molar-refractivity contribution in [3.05, 3.63) is 76.0 Å². The molecule has 3 aromatic rings. The molecule has 0 aliphatic carbocycles. The van der Waals surface area contributed by atoms with Crippen molar-refractivity contribution in [2.24, 2.45) is 0 Å². The average Bonchev–Trinajstić information content (AvgIpc) is 3.06. The van der Waals surface area contributed by atoms with E-state index in [4.69, 9.17) is 9.15 Å². The van der Waals surface area contributed by atoms with E-state index in [0.29, 0.717) is 17.6 Å². The van der Waals surface area contributed by atoms with E-state index in [-0.39, 0.29) is 11.7 Å². The number of benzene rings is 2. The largest absolute Gasteiger partial charge is 0.426 e. The molecule has 0 aliphatic rings. The highest BCUT2D eigenvalue weighted by Crippen LogP contribution is 2.29. The van der Waals surface area contributed by atoms with Crippen molar-refractivity contribution in [3.63, 3.8) is 0 Å². The lowest BCUT2D eigenvalue weighted by atomic mass is 9.98. The first-order chi connectivity index (χ1) is 13.2. The fraction of sp³-hybridized carbons (Fsp3) is 0.292. The predicted octanol–water partition coefficient (Wildman–Crippen LogP) is 6.68. The monoisotopic (exact) mass is 377 g/mol. The van der Waals surface area contributed by atoms with Gasteiger partial charge in [-0.15, -0.1) is 0 Å². The van der Waals surface area contributed by atoms with Gasteiger partial charge in [-0.25, -0.2) is 0 Å². The summed E-state index contributed by atoms with van der Waals surface area (Å²) in [6.45, 7) is 12.4. The van der Waals surface area contributed by atoms with Gasteiger partial charge in [-0.2, -0.15) is 0 Å². The van der Waals surface area contributed by atoms with E-state index in [1.54, 1.807) is 12.1 Å². The first kappa shape index (κ1) is 19.7. The van der Waals surface area contributed by atoms with E-state index < -0.39 is 0 Å². The summed E-state index contributed by atoms with van der Waals surface area (Å²) < 4.78 is 11.4. The SMILES string of the molecule is Cc1cc(C)c(NC(=O)c2ccc(Oc3ccc(C(C)C)c(C)c3)o2)c(C)c1. The molecule has 2 aromatic carbocycles. The maximum atomic E-state index is 12.6. The van der Waals surface area contributed by atoms with Gasteiger partial charge in [-0.1, -0.05) is 37.6 Å². The fourth-order valence-electron chi connectivity index (χ4n) is 3.52. The van der Waals surface area contributed by atoms with Gasteiger partial charge in [0.05, 0.1) is 0 Å². The van der Waals surface area contributed by atoms with Crippen molar-refractivity contribution < 1.29 is 13.9 Å². The second-order valence-electron chi connectivity index (χ2n) is 7.62. The van der Waals surface area contributed by atoms with Gasteiger partial charge in [0, 0.05) is 11.8 Å². The second kappa shape index (κ2) is 7.93. The first-order valence-electron chi connectivity index (χ1n) is 9.52. The number of rotatable bonds is 5. The van der Waals surface area contributed by atoms with Gasteiger partial charge in [0.1, 0.15) is 5.75 Å². The summed E-state index contributed by atoms with van der Waals surface area (Å²) in [6.07, 6.45) is 0. The van der Waals surface area contributed by atoms with Crippen LogP contribution in [0.4, 0.5) is 5.69 Å². The van der Waals surface area contributed by atoms with Crippen molar-refractivity contribution in [3.8, 4) is 11.7 Å². The van der Waals surface area contributed by atoms with Gasteiger partial charge >= 0.3 is 0 Å². The number of carbonyl (C=O) groups is 1. The molecule has 0 unspecified atom stereocenters. The molecule has 0 fully saturated rings. The lowest BCUT2D eigenvalue weighted by Gasteiger charge is -2.12. The van der Waals surface area contributed by atoms with Crippen LogP contribution in [0.25, 0.3) is 0 Å².